The van der Waals surface area contributed by atoms with Crippen LogP contribution in [-0.4, -0.2) is 26.1 Å². The van der Waals surface area contributed by atoms with E-state index in [0.29, 0.717) is 0 Å². The predicted molar refractivity (Wildman–Crippen MR) is 91.9 cm³/mol. The molecule has 0 spiro atoms. The van der Waals surface area contributed by atoms with Crippen LogP contribution in [-0.2, 0) is 4.79 Å². The van der Waals surface area contributed by atoms with E-state index in [1.54, 1.807) is 0 Å². The molecule has 23 heavy (non-hydrogen) atoms. The number of carbonyl (C=O) groups excluding carboxylic acids is 1. The predicted octanol–water partition coefficient (Wildman–Crippen LogP) is 3.07. The Hall–Kier alpha value is -2.49. The number of benzene rings is 2. The van der Waals surface area contributed by atoms with E-state index in [9.17, 15) is 4.79 Å². The largest absolute Gasteiger partial charge is 0.484 e. The highest BCUT2D eigenvalue weighted by atomic mass is 16.5. The lowest BCUT2D eigenvalue weighted by Crippen LogP contribution is -2.38. The first-order valence-corrected chi connectivity index (χ1v) is 7.92. The molecule has 1 unspecified atom stereocenters. The zero-order valence-electron chi connectivity index (χ0n) is 13.6. The molecule has 2 aromatic rings. The molecule has 0 radical (unpaired) electrons. The minimum Gasteiger partial charge on any atom is -0.484 e. The number of anilines is 1. The highest BCUT2D eigenvalue weighted by Gasteiger charge is 2.24. The summed E-state index contributed by atoms with van der Waals surface area (Å²) in [6.07, 6.45) is 0.907. The number of amides is 1. The van der Waals surface area contributed by atoms with Crippen molar-refractivity contribution in [2.75, 3.05) is 25.1 Å². The van der Waals surface area contributed by atoms with Gasteiger partial charge in [-0.3, -0.25) is 4.79 Å². The van der Waals surface area contributed by atoms with Crippen molar-refractivity contribution in [2.24, 2.45) is 0 Å². The molecule has 1 aliphatic rings. The Kier molecular flexibility index (Phi) is 4.51. The van der Waals surface area contributed by atoms with Crippen LogP contribution in [0.1, 0.15) is 23.6 Å². The summed E-state index contributed by atoms with van der Waals surface area (Å²) in [6, 6.07) is 16.0. The Morgan fingerprint density at radius 1 is 1.22 bits per heavy atom. The molecule has 4 heteroatoms. The Morgan fingerprint density at radius 3 is 2.74 bits per heavy atom. The molecular weight excluding hydrogens is 288 g/mol. The van der Waals surface area contributed by atoms with Gasteiger partial charge in [0.25, 0.3) is 5.91 Å². The van der Waals surface area contributed by atoms with Crippen LogP contribution >= 0.6 is 0 Å². The van der Waals surface area contributed by atoms with E-state index in [4.69, 9.17) is 4.74 Å². The average Bonchev–Trinajstić information content (AvgIpc) is 2.57. The van der Waals surface area contributed by atoms with Crippen molar-refractivity contribution in [3.8, 4) is 5.75 Å². The molecule has 1 atom stereocenters. The maximum absolute atomic E-state index is 12.2. The second-order valence-electron chi connectivity index (χ2n) is 5.99. The van der Waals surface area contributed by atoms with Gasteiger partial charge in [0.05, 0.1) is 6.04 Å². The van der Waals surface area contributed by atoms with Crippen LogP contribution in [0, 0.1) is 6.92 Å². The van der Waals surface area contributed by atoms with Crippen molar-refractivity contribution in [1.82, 2.24) is 5.32 Å². The van der Waals surface area contributed by atoms with Crippen LogP contribution in [0.5, 0.6) is 5.75 Å². The number of hydrogen-bond acceptors (Lipinski definition) is 3. The molecule has 120 valence electrons. The molecule has 0 saturated heterocycles. The van der Waals surface area contributed by atoms with Gasteiger partial charge >= 0.3 is 0 Å². The van der Waals surface area contributed by atoms with Crippen LogP contribution < -0.4 is 15.0 Å². The normalized spacial score (nSPS) is 16.6. The number of rotatable bonds is 4. The Bertz CT molecular complexity index is 682. The minimum atomic E-state index is -0.0880. The van der Waals surface area contributed by atoms with Gasteiger partial charge in [-0.1, -0.05) is 35.9 Å². The monoisotopic (exact) mass is 310 g/mol. The molecule has 4 nitrogen and oxygen atoms in total. The SMILES string of the molecule is Cc1ccc(OCC(=O)NC2CCN(C)c3ccccc32)cc1. The first kappa shape index (κ1) is 15.4. The molecule has 0 fully saturated rings. The molecule has 0 aliphatic carbocycles. The molecule has 0 saturated carbocycles. The number of para-hydroxylation sites is 1. The standard InChI is InChI=1S/C19H22N2O2/c1-14-7-9-15(10-8-14)23-13-19(22)20-17-11-12-21(2)18-6-4-3-5-16(17)18/h3-10,17H,11-13H2,1-2H3,(H,20,22). The molecule has 1 amide bonds. The summed E-state index contributed by atoms with van der Waals surface area (Å²) >= 11 is 0. The summed E-state index contributed by atoms with van der Waals surface area (Å²) in [7, 11) is 2.08. The lowest BCUT2D eigenvalue weighted by atomic mass is 9.97. The highest BCUT2D eigenvalue weighted by Crippen LogP contribution is 2.32. The van der Waals surface area contributed by atoms with Crippen LogP contribution in [0.25, 0.3) is 0 Å². The number of nitrogens with zero attached hydrogens (tertiary/aromatic N) is 1. The summed E-state index contributed by atoms with van der Waals surface area (Å²) in [5, 5.41) is 3.09. The molecular formula is C19H22N2O2. The summed E-state index contributed by atoms with van der Waals surface area (Å²) in [5.41, 5.74) is 3.53. The number of hydrogen-bond donors (Lipinski definition) is 1. The third-order valence-corrected chi connectivity index (χ3v) is 4.20. The van der Waals surface area contributed by atoms with Gasteiger partial charge in [-0.2, -0.15) is 0 Å². The molecule has 0 aromatic heterocycles. The van der Waals surface area contributed by atoms with Gasteiger partial charge < -0.3 is 15.0 Å². The summed E-state index contributed by atoms with van der Waals surface area (Å²) in [4.78, 5) is 14.4. The van der Waals surface area contributed by atoms with Crippen molar-refractivity contribution in [3.63, 3.8) is 0 Å². The van der Waals surface area contributed by atoms with Gasteiger partial charge in [-0.05, 0) is 37.1 Å². The zero-order chi connectivity index (χ0) is 16.2. The summed E-state index contributed by atoms with van der Waals surface area (Å²) in [6.45, 7) is 2.99. The van der Waals surface area contributed by atoms with Crippen molar-refractivity contribution >= 4 is 11.6 Å². The van der Waals surface area contributed by atoms with Crippen LogP contribution in [0.4, 0.5) is 5.69 Å². The Balaban J connectivity index is 1.60. The van der Waals surface area contributed by atoms with E-state index in [2.05, 4.69) is 29.4 Å². The van der Waals surface area contributed by atoms with Crippen LogP contribution in [0.3, 0.4) is 0 Å². The summed E-state index contributed by atoms with van der Waals surface area (Å²) in [5.74, 6) is 0.629. The first-order chi connectivity index (χ1) is 11.1. The van der Waals surface area contributed by atoms with Gasteiger partial charge in [0.15, 0.2) is 6.61 Å². The van der Waals surface area contributed by atoms with E-state index in [1.807, 2.05) is 43.3 Å². The van der Waals surface area contributed by atoms with Crippen LogP contribution in [0.2, 0.25) is 0 Å². The number of fused-ring (bicyclic) bond motifs is 1. The Labute approximate surface area is 137 Å². The van der Waals surface area contributed by atoms with Gasteiger partial charge in [-0.15, -0.1) is 0 Å². The molecule has 0 bridgehead atoms. The maximum atomic E-state index is 12.2. The molecule has 2 aromatic carbocycles. The topological polar surface area (TPSA) is 41.6 Å². The van der Waals surface area contributed by atoms with Crippen molar-refractivity contribution in [2.45, 2.75) is 19.4 Å². The van der Waals surface area contributed by atoms with Gasteiger partial charge in [-0.25, -0.2) is 0 Å². The third-order valence-electron chi connectivity index (χ3n) is 4.20. The third kappa shape index (κ3) is 3.65. The van der Waals surface area contributed by atoms with Gasteiger partial charge in [0, 0.05) is 19.3 Å². The first-order valence-electron chi connectivity index (χ1n) is 7.92. The second kappa shape index (κ2) is 6.73. The molecule has 1 aliphatic heterocycles. The lowest BCUT2D eigenvalue weighted by molar-refractivity contribution is -0.123. The fourth-order valence-electron chi connectivity index (χ4n) is 2.90. The maximum Gasteiger partial charge on any atom is 0.258 e. The van der Waals surface area contributed by atoms with E-state index >= 15 is 0 Å². The lowest BCUT2D eigenvalue weighted by Gasteiger charge is -2.33. The molecule has 3 rings (SSSR count). The van der Waals surface area contributed by atoms with Crippen molar-refractivity contribution < 1.29 is 9.53 Å². The Morgan fingerprint density at radius 2 is 1.96 bits per heavy atom. The number of carbonyl (C=O) groups is 1. The van der Waals surface area contributed by atoms with Gasteiger partial charge in [0.1, 0.15) is 5.75 Å². The number of aryl methyl sites for hydroxylation is 1. The average molecular weight is 310 g/mol. The van der Waals surface area contributed by atoms with Crippen molar-refractivity contribution in [1.29, 1.82) is 0 Å². The van der Waals surface area contributed by atoms with E-state index < -0.39 is 0 Å². The second-order valence-corrected chi connectivity index (χ2v) is 5.99. The van der Waals surface area contributed by atoms with Crippen LogP contribution in [0.15, 0.2) is 48.5 Å². The fourth-order valence-corrected chi connectivity index (χ4v) is 2.90. The molecule has 1 heterocycles. The fraction of sp³-hybridized carbons (Fsp3) is 0.316. The van der Waals surface area contributed by atoms with Crippen molar-refractivity contribution in [3.05, 3.63) is 59.7 Å². The highest BCUT2D eigenvalue weighted by molar-refractivity contribution is 5.78. The quantitative estimate of drug-likeness (QED) is 0.943. The van der Waals surface area contributed by atoms with E-state index in [0.717, 1.165) is 18.7 Å². The van der Waals surface area contributed by atoms with E-state index in [-0.39, 0.29) is 18.6 Å². The van der Waals surface area contributed by atoms with Gasteiger partial charge in [0.2, 0.25) is 0 Å². The number of nitrogens with one attached hydrogen (secondary N) is 1. The zero-order valence-corrected chi connectivity index (χ0v) is 13.6. The van der Waals surface area contributed by atoms with E-state index in [1.165, 1.54) is 16.8 Å². The number of ether oxygens (including phenoxy) is 1. The summed E-state index contributed by atoms with van der Waals surface area (Å²) < 4.78 is 5.55. The minimum absolute atomic E-state index is 0.0393. The smallest absolute Gasteiger partial charge is 0.258 e. The molecule has 1 N–H and O–H groups in total.